The Morgan fingerprint density at radius 2 is 1.97 bits per heavy atom. The first-order valence-corrected chi connectivity index (χ1v) is 9.89. The van der Waals surface area contributed by atoms with Gasteiger partial charge in [-0.25, -0.2) is 0 Å². The number of hydrogen-bond donors (Lipinski definition) is 1. The Kier molecular flexibility index (Phi) is 7.24. The summed E-state index contributed by atoms with van der Waals surface area (Å²) in [5, 5.41) is 6.26. The van der Waals surface area contributed by atoms with Gasteiger partial charge in [0.25, 0.3) is 0 Å². The number of aromatic nitrogens is 2. The molecule has 3 rings (SSSR count). The van der Waals surface area contributed by atoms with Crippen LogP contribution in [0.5, 0.6) is 11.5 Å². The maximum Gasteiger partial charge on any atom is 0.416 e. The molecule has 11 heteroatoms. The highest BCUT2D eigenvalue weighted by Crippen LogP contribution is 2.34. The first-order chi connectivity index (χ1) is 15.2. The predicted molar refractivity (Wildman–Crippen MR) is 111 cm³/mol. The van der Waals surface area contributed by atoms with Crippen LogP contribution in [0.2, 0.25) is 5.02 Å². The van der Waals surface area contributed by atoms with Crippen LogP contribution in [0.1, 0.15) is 24.8 Å². The lowest BCUT2D eigenvalue weighted by Gasteiger charge is -2.11. The second-order valence-electron chi connectivity index (χ2n) is 6.55. The number of amides is 1. The van der Waals surface area contributed by atoms with E-state index in [0.717, 1.165) is 18.2 Å². The van der Waals surface area contributed by atoms with Crippen LogP contribution >= 0.6 is 11.6 Å². The fourth-order valence-corrected chi connectivity index (χ4v) is 2.95. The molecule has 0 atom stereocenters. The lowest BCUT2D eigenvalue weighted by Crippen LogP contribution is -2.14. The number of anilines is 1. The number of ether oxygens (including phenoxy) is 2. The predicted octanol–water partition coefficient (Wildman–Crippen LogP) is 5.39. The summed E-state index contributed by atoms with van der Waals surface area (Å²) in [6.07, 6.45) is -4.56. The van der Waals surface area contributed by atoms with Crippen LogP contribution in [-0.4, -0.2) is 29.8 Å². The number of alkyl halides is 3. The highest BCUT2D eigenvalue weighted by Gasteiger charge is 2.31. The molecule has 3 aromatic rings. The zero-order valence-electron chi connectivity index (χ0n) is 17.1. The number of carbonyl (C=O) groups is 1. The number of halogens is 4. The quantitative estimate of drug-likeness (QED) is 0.476. The van der Waals surface area contributed by atoms with E-state index < -0.39 is 17.6 Å². The highest BCUT2D eigenvalue weighted by molar-refractivity contribution is 6.33. The Hall–Kier alpha value is -3.27. The molecule has 1 aromatic heterocycles. The monoisotopic (exact) mass is 469 g/mol. The van der Waals surface area contributed by atoms with Crippen molar-refractivity contribution in [2.45, 2.75) is 25.9 Å². The van der Waals surface area contributed by atoms with Crippen LogP contribution in [0.4, 0.5) is 18.9 Å². The first-order valence-electron chi connectivity index (χ1n) is 9.51. The highest BCUT2D eigenvalue weighted by atomic mass is 35.5. The number of hydrogen-bond acceptors (Lipinski definition) is 6. The second-order valence-corrected chi connectivity index (χ2v) is 6.96. The van der Waals surface area contributed by atoms with E-state index in [9.17, 15) is 18.0 Å². The molecule has 1 heterocycles. The molecule has 1 N–H and O–H groups in total. The van der Waals surface area contributed by atoms with Gasteiger partial charge in [-0.15, -0.1) is 0 Å². The lowest BCUT2D eigenvalue weighted by molar-refractivity contribution is -0.137. The van der Waals surface area contributed by atoms with Gasteiger partial charge >= 0.3 is 6.18 Å². The summed E-state index contributed by atoms with van der Waals surface area (Å²) >= 11 is 5.89. The van der Waals surface area contributed by atoms with Crippen LogP contribution in [0.15, 0.2) is 40.9 Å². The van der Waals surface area contributed by atoms with Crippen LogP contribution in [0.25, 0.3) is 11.4 Å². The molecule has 0 aliphatic rings. The summed E-state index contributed by atoms with van der Waals surface area (Å²) in [5.41, 5.74) is -0.413. The van der Waals surface area contributed by atoms with Gasteiger partial charge in [-0.2, -0.15) is 18.2 Å². The van der Waals surface area contributed by atoms with Crippen molar-refractivity contribution in [1.29, 1.82) is 0 Å². The van der Waals surface area contributed by atoms with E-state index in [2.05, 4.69) is 15.5 Å². The van der Waals surface area contributed by atoms with Crippen molar-refractivity contribution >= 4 is 23.2 Å². The molecule has 0 unspecified atom stereocenters. The molecule has 0 aliphatic carbocycles. The average Bonchev–Trinajstić information content (AvgIpc) is 3.22. The Morgan fingerprint density at radius 1 is 1.19 bits per heavy atom. The van der Waals surface area contributed by atoms with Gasteiger partial charge in [-0.05, 0) is 43.3 Å². The molecular weight excluding hydrogens is 451 g/mol. The normalized spacial score (nSPS) is 11.3. The van der Waals surface area contributed by atoms with Crippen LogP contribution in [0, 0.1) is 0 Å². The lowest BCUT2D eigenvalue weighted by atomic mass is 10.2. The number of benzene rings is 2. The molecule has 2 aromatic carbocycles. The van der Waals surface area contributed by atoms with Crippen LogP contribution in [-0.2, 0) is 17.4 Å². The second kappa shape index (κ2) is 9.90. The molecule has 0 spiro atoms. The number of methoxy groups -OCH3 is 1. The molecule has 0 radical (unpaired) electrons. The number of nitrogens with one attached hydrogen (secondary N) is 1. The van der Waals surface area contributed by atoms with Gasteiger partial charge in [-0.3, -0.25) is 4.79 Å². The van der Waals surface area contributed by atoms with Crippen molar-refractivity contribution in [3.05, 3.63) is 52.9 Å². The molecule has 0 saturated carbocycles. The van der Waals surface area contributed by atoms with E-state index in [4.69, 9.17) is 25.6 Å². The minimum Gasteiger partial charge on any atom is -0.493 e. The van der Waals surface area contributed by atoms with Gasteiger partial charge in [-0.1, -0.05) is 16.8 Å². The molecule has 0 saturated heterocycles. The Bertz CT molecular complexity index is 1100. The average molecular weight is 470 g/mol. The van der Waals surface area contributed by atoms with Crippen molar-refractivity contribution in [3.63, 3.8) is 0 Å². The summed E-state index contributed by atoms with van der Waals surface area (Å²) in [5.74, 6) is 1.02. The van der Waals surface area contributed by atoms with Gasteiger partial charge in [0.1, 0.15) is 0 Å². The Morgan fingerprint density at radius 3 is 2.66 bits per heavy atom. The van der Waals surface area contributed by atoms with E-state index in [1.165, 1.54) is 7.11 Å². The van der Waals surface area contributed by atoms with Gasteiger partial charge in [0.15, 0.2) is 11.5 Å². The van der Waals surface area contributed by atoms with Crippen molar-refractivity contribution in [2.24, 2.45) is 0 Å². The van der Waals surface area contributed by atoms with Crippen molar-refractivity contribution in [1.82, 2.24) is 10.1 Å². The van der Waals surface area contributed by atoms with Crippen LogP contribution < -0.4 is 14.8 Å². The van der Waals surface area contributed by atoms with E-state index in [-0.39, 0.29) is 29.4 Å². The standard InChI is InChI=1S/C21H19ClF3N3O4/c1-3-31-16-7-4-12(10-17(16)30-2)20-27-19(32-28-20)9-8-18(29)26-15-11-13(21(23,24)25)5-6-14(15)22/h4-7,10-11H,3,8-9H2,1-2H3,(H,26,29). The topological polar surface area (TPSA) is 86.5 Å². The maximum absolute atomic E-state index is 12.9. The van der Waals surface area contributed by atoms with Crippen molar-refractivity contribution < 1.29 is 32.0 Å². The van der Waals surface area contributed by atoms with E-state index >= 15 is 0 Å². The van der Waals surface area contributed by atoms with Crippen molar-refractivity contribution in [2.75, 3.05) is 19.0 Å². The SMILES string of the molecule is CCOc1ccc(-c2noc(CCC(=O)Nc3cc(C(F)(F)F)ccc3Cl)n2)cc1OC. The third kappa shape index (κ3) is 5.70. The minimum absolute atomic E-state index is 0.00382. The molecular formula is C21H19ClF3N3O4. The molecule has 32 heavy (non-hydrogen) atoms. The largest absolute Gasteiger partial charge is 0.493 e. The summed E-state index contributed by atoms with van der Waals surface area (Å²) < 4.78 is 54.5. The first kappa shape index (κ1) is 23.4. The molecule has 0 bridgehead atoms. The summed E-state index contributed by atoms with van der Waals surface area (Å²) in [6.45, 7) is 2.34. The van der Waals surface area contributed by atoms with E-state index in [0.29, 0.717) is 29.5 Å². The number of carbonyl (C=O) groups excluding carboxylic acids is 1. The van der Waals surface area contributed by atoms with Gasteiger partial charge in [0.2, 0.25) is 17.6 Å². The summed E-state index contributed by atoms with van der Waals surface area (Å²) in [7, 11) is 1.51. The minimum atomic E-state index is -4.55. The fourth-order valence-electron chi connectivity index (χ4n) is 2.79. The maximum atomic E-state index is 12.9. The number of rotatable bonds is 8. The van der Waals surface area contributed by atoms with E-state index in [1.807, 2.05) is 6.92 Å². The Balaban J connectivity index is 1.64. The van der Waals surface area contributed by atoms with E-state index in [1.54, 1.807) is 18.2 Å². The zero-order valence-corrected chi connectivity index (χ0v) is 17.9. The number of aryl methyl sites for hydroxylation is 1. The molecule has 0 aliphatic heterocycles. The van der Waals surface area contributed by atoms with Gasteiger partial charge in [0.05, 0.1) is 30.0 Å². The smallest absolute Gasteiger partial charge is 0.416 e. The van der Waals surface area contributed by atoms with Crippen LogP contribution in [0.3, 0.4) is 0 Å². The zero-order chi connectivity index (χ0) is 23.3. The molecule has 7 nitrogen and oxygen atoms in total. The summed E-state index contributed by atoms with van der Waals surface area (Å²) in [4.78, 5) is 16.4. The fraction of sp³-hybridized carbons (Fsp3) is 0.286. The third-order valence-electron chi connectivity index (χ3n) is 4.32. The van der Waals surface area contributed by atoms with Gasteiger partial charge in [0, 0.05) is 18.4 Å². The molecule has 170 valence electrons. The molecule has 0 fully saturated rings. The third-order valence-corrected chi connectivity index (χ3v) is 4.65. The Labute approximate surface area is 186 Å². The molecule has 1 amide bonds. The van der Waals surface area contributed by atoms with Crippen molar-refractivity contribution in [3.8, 4) is 22.9 Å². The number of nitrogens with zero attached hydrogens (tertiary/aromatic N) is 2. The summed E-state index contributed by atoms with van der Waals surface area (Å²) in [6, 6.07) is 7.86. The van der Waals surface area contributed by atoms with Gasteiger partial charge < -0.3 is 19.3 Å².